The fourth-order valence-electron chi connectivity index (χ4n) is 0.660. The molecular weight excluding hydrogens is 100 g/mol. The Bertz CT molecular complexity index is 142. The fraction of sp³-hybridized carbons (Fsp3) is 0.286. The zero-order valence-corrected chi connectivity index (χ0v) is 4.79. The molecule has 0 saturated carbocycles. The molecule has 0 atom stereocenters. The molecule has 0 radical (unpaired) electrons. The Morgan fingerprint density at radius 1 is 1.38 bits per heavy atom. The van der Waals surface area contributed by atoms with Crippen molar-refractivity contribution in [2.45, 2.75) is 6.92 Å². The standard InChI is InChI=1S/C7H8O/c1-7(6-8)4-2-3-5-7/h2-6H,1H3. The molecule has 1 aliphatic carbocycles. The molecule has 0 unspecified atom stereocenters. The van der Waals surface area contributed by atoms with E-state index in [9.17, 15) is 4.79 Å². The lowest BCUT2D eigenvalue weighted by atomic mass is 9.96. The summed E-state index contributed by atoms with van der Waals surface area (Å²) in [5.41, 5.74) is -0.306. The predicted octanol–water partition coefficient (Wildman–Crippen LogP) is 1.32. The minimum absolute atomic E-state index is 0.306. The lowest BCUT2D eigenvalue weighted by molar-refractivity contribution is -0.111. The van der Waals surface area contributed by atoms with Crippen LogP contribution >= 0.6 is 0 Å². The number of rotatable bonds is 1. The van der Waals surface area contributed by atoms with Crippen molar-refractivity contribution >= 4 is 6.29 Å². The number of carbonyl (C=O) groups excluding carboxylic acids is 1. The van der Waals surface area contributed by atoms with Crippen LogP contribution in [0.4, 0.5) is 0 Å². The molecule has 1 nitrogen and oxygen atoms in total. The zero-order valence-electron chi connectivity index (χ0n) is 4.79. The summed E-state index contributed by atoms with van der Waals surface area (Å²) in [5, 5.41) is 0. The van der Waals surface area contributed by atoms with Gasteiger partial charge in [0.2, 0.25) is 0 Å². The maximum absolute atomic E-state index is 10.2. The summed E-state index contributed by atoms with van der Waals surface area (Å²) in [5.74, 6) is 0. The van der Waals surface area contributed by atoms with Crippen molar-refractivity contribution in [1.82, 2.24) is 0 Å². The Kier molecular flexibility index (Phi) is 1.05. The van der Waals surface area contributed by atoms with Crippen LogP contribution in [0.1, 0.15) is 6.92 Å². The van der Waals surface area contributed by atoms with Gasteiger partial charge in [0.15, 0.2) is 0 Å². The van der Waals surface area contributed by atoms with Crippen LogP contribution in [-0.4, -0.2) is 6.29 Å². The maximum Gasteiger partial charge on any atom is 0.133 e. The van der Waals surface area contributed by atoms with Crippen LogP contribution in [0.15, 0.2) is 24.3 Å². The highest BCUT2D eigenvalue weighted by atomic mass is 16.1. The van der Waals surface area contributed by atoms with E-state index in [1.807, 2.05) is 31.2 Å². The second-order valence-corrected chi connectivity index (χ2v) is 2.20. The Morgan fingerprint density at radius 2 is 1.88 bits per heavy atom. The van der Waals surface area contributed by atoms with E-state index in [-0.39, 0.29) is 5.41 Å². The highest BCUT2D eigenvalue weighted by molar-refractivity contribution is 5.67. The quantitative estimate of drug-likeness (QED) is 0.463. The van der Waals surface area contributed by atoms with E-state index >= 15 is 0 Å². The summed E-state index contributed by atoms with van der Waals surface area (Å²) in [7, 11) is 0. The third kappa shape index (κ3) is 0.713. The van der Waals surface area contributed by atoms with Crippen LogP contribution in [-0.2, 0) is 4.79 Å². The van der Waals surface area contributed by atoms with E-state index in [1.54, 1.807) is 0 Å². The molecule has 0 amide bonds. The summed E-state index contributed by atoms with van der Waals surface area (Å²) >= 11 is 0. The van der Waals surface area contributed by atoms with Crippen molar-refractivity contribution in [2.75, 3.05) is 0 Å². The maximum atomic E-state index is 10.2. The van der Waals surface area contributed by atoms with Crippen LogP contribution in [0.3, 0.4) is 0 Å². The number of carbonyl (C=O) groups is 1. The SMILES string of the molecule is CC1(C=O)C=CC=C1. The van der Waals surface area contributed by atoms with Gasteiger partial charge in [0.25, 0.3) is 0 Å². The Morgan fingerprint density at radius 3 is 2.12 bits per heavy atom. The Balaban J connectivity index is 2.83. The monoisotopic (exact) mass is 108 g/mol. The van der Waals surface area contributed by atoms with Gasteiger partial charge in [-0.1, -0.05) is 24.3 Å². The zero-order chi connectivity index (χ0) is 6.04. The smallest absolute Gasteiger partial charge is 0.133 e. The summed E-state index contributed by atoms with van der Waals surface area (Å²) in [6, 6.07) is 0. The van der Waals surface area contributed by atoms with Gasteiger partial charge in [-0.05, 0) is 6.92 Å². The van der Waals surface area contributed by atoms with Crippen molar-refractivity contribution in [3.8, 4) is 0 Å². The molecule has 1 rings (SSSR count). The van der Waals surface area contributed by atoms with Crippen molar-refractivity contribution < 1.29 is 4.79 Å². The highest BCUT2D eigenvalue weighted by Gasteiger charge is 2.16. The summed E-state index contributed by atoms with van der Waals surface area (Å²) in [4.78, 5) is 10.2. The molecule has 0 N–H and O–H groups in total. The van der Waals surface area contributed by atoms with E-state index in [2.05, 4.69) is 0 Å². The van der Waals surface area contributed by atoms with Gasteiger partial charge in [-0.3, -0.25) is 0 Å². The molecule has 0 aromatic carbocycles. The first-order valence-corrected chi connectivity index (χ1v) is 2.60. The molecule has 0 spiro atoms. The first kappa shape index (κ1) is 5.29. The Hall–Kier alpha value is -0.850. The molecule has 0 aromatic heterocycles. The van der Waals surface area contributed by atoms with Gasteiger partial charge in [-0.25, -0.2) is 0 Å². The summed E-state index contributed by atoms with van der Waals surface area (Å²) in [6.45, 7) is 1.88. The van der Waals surface area contributed by atoms with Crippen molar-refractivity contribution in [3.63, 3.8) is 0 Å². The van der Waals surface area contributed by atoms with E-state index in [1.165, 1.54) is 0 Å². The molecule has 8 heavy (non-hydrogen) atoms. The third-order valence-corrected chi connectivity index (χ3v) is 1.28. The molecule has 1 heteroatoms. The van der Waals surface area contributed by atoms with Gasteiger partial charge >= 0.3 is 0 Å². The van der Waals surface area contributed by atoms with Crippen LogP contribution < -0.4 is 0 Å². The van der Waals surface area contributed by atoms with Crippen LogP contribution in [0, 0.1) is 5.41 Å². The van der Waals surface area contributed by atoms with Gasteiger partial charge in [0.05, 0.1) is 5.41 Å². The van der Waals surface area contributed by atoms with E-state index < -0.39 is 0 Å². The first-order chi connectivity index (χ1) is 3.77. The van der Waals surface area contributed by atoms with Gasteiger partial charge in [0.1, 0.15) is 6.29 Å². The van der Waals surface area contributed by atoms with Crippen LogP contribution in [0.2, 0.25) is 0 Å². The van der Waals surface area contributed by atoms with Crippen molar-refractivity contribution in [2.24, 2.45) is 5.41 Å². The van der Waals surface area contributed by atoms with Gasteiger partial charge in [0, 0.05) is 0 Å². The average molecular weight is 108 g/mol. The number of hydrogen-bond donors (Lipinski definition) is 0. The first-order valence-electron chi connectivity index (χ1n) is 2.60. The van der Waals surface area contributed by atoms with Gasteiger partial charge in [-0.15, -0.1) is 0 Å². The normalized spacial score (nSPS) is 21.6. The number of aldehydes is 1. The number of hydrogen-bond acceptors (Lipinski definition) is 1. The minimum Gasteiger partial charge on any atom is -0.302 e. The van der Waals surface area contributed by atoms with E-state index in [0.717, 1.165) is 6.29 Å². The minimum atomic E-state index is -0.306. The lowest BCUT2D eigenvalue weighted by Gasteiger charge is -2.06. The van der Waals surface area contributed by atoms with E-state index in [4.69, 9.17) is 0 Å². The molecule has 0 saturated heterocycles. The van der Waals surface area contributed by atoms with Crippen LogP contribution in [0.5, 0.6) is 0 Å². The van der Waals surface area contributed by atoms with Crippen LogP contribution in [0.25, 0.3) is 0 Å². The summed E-state index contributed by atoms with van der Waals surface area (Å²) < 4.78 is 0. The average Bonchev–Trinajstić information content (AvgIpc) is 2.17. The lowest BCUT2D eigenvalue weighted by Crippen LogP contribution is -2.07. The molecule has 1 aliphatic rings. The Labute approximate surface area is 48.7 Å². The second-order valence-electron chi connectivity index (χ2n) is 2.20. The molecular formula is C7H8O. The highest BCUT2D eigenvalue weighted by Crippen LogP contribution is 2.21. The fourth-order valence-corrected chi connectivity index (χ4v) is 0.660. The topological polar surface area (TPSA) is 17.1 Å². The molecule has 0 bridgehead atoms. The molecule has 0 aromatic rings. The molecule has 0 heterocycles. The largest absolute Gasteiger partial charge is 0.302 e. The predicted molar refractivity (Wildman–Crippen MR) is 32.5 cm³/mol. The van der Waals surface area contributed by atoms with Crippen molar-refractivity contribution in [1.29, 1.82) is 0 Å². The number of allylic oxidation sites excluding steroid dienone is 4. The second kappa shape index (κ2) is 1.58. The molecule has 0 fully saturated rings. The molecule has 0 aliphatic heterocycles. The van der Waals surface area contributed by atoms with Gasteiger partial charge < -0.3 is 4.79 Å². The molecule has 42 valence electrons. The summed E-state index contributed by atoms with van der Waals surface area (Å²) in [6.07, 6.45) is 8.45. The van der Waals surface area contributed by atoms with E-state index in [0.29, 0.717) is 0 Å². The van der Waals surface area contributed by atoms with Gasteiger partial charge in [-0.2, -0.15) is 0 Å². The van der Waals surface area contributed by atoms with Crippen molar-refractivity contribution in [3.05, 3.63) is 24.3 Å². The third-order valence-electron chi connectivity index (χ3n) is 1.28.